The number of halogens is 2. The number of ether oxygens (including phenoxy) is 2. The van der Waals surface area contributed by atoms with Gasteiger partial charge in [-0.25, -0.2) is 18.4 Å². The fourth-order valence-electron chi connectivity index (χ4n) is 2.88. The third kappa shape index (κ3) is 3.50. The first-order chi connectivity index (χ1) is 14.7. The minimum absolute atomic E-state index is 0.0104. The maximum absolute atomic E-state index is 14.1. The highest BCUT2D eigenvalue weighted by molar-refractivity contribution is 7.07. The van der Waals surface area contributed by atoms with E-state index in [2.05, 4.69) is 10.1 Å². The molecule has 0 saturated carbocycles. The van der Waals surface area contributed by atoms with Crippen molar-refractivity contribution in [1.29, 1.82) is 0 Å². The van der Waals surface area contributed by atoms with Gasteiger partial charge in [0.05, 0.1) is 12.5 Å². The van der Waals surface area contributed by atoms with Crippen molar-refractivity contribution in [2.45, 2.75) is 0 Å². The molecule has 0 amide bonds. The van der Waals surface area contributed by atoms with Crippen LogP contribution in [0.3, 0.4) is 0 Å². The molecule has 30 heavy (non-hydrogen) atoms. The molecule has 0 atom stereocenters. The molecule has 0 bridgehead atoms. The Morgan fingerprint density at radius 3 is 2.77 bits per heavy atom. The zero-order valence-electron chi connectivity index (χ0n) is 15.3. The Morgan fingerprint density at radius 2 is 1.93 bits per heavy atom. The van der Waals surface area contributed by atoms with Crippen molar-refractivity contribution in [2.75, 3.05) is 6.79 Å². The van der Waals surface area contributed by atoms with Gasteiger partial charge in [0, 0.05) is 11.4 Å². The van der Waals surface area contributed by atoms with E-state index in [0.717, 1.165) is 17.7 Å². The fraction of sp³-hybridized carbons (Fsp3) is 0.0476. The van der Waals surface area contributed by atoms with Gasteiger partial charge in [0.2, 0.25) is 11.6 Å². The molecule has 3 heterocycles. The van der Waals surface area contributed by atoms with Crippen molar-refractivity contribution in [3.05, 3.63) is 82.2 Å². The van der Waals surface area contributed by atoms with E-state index in [1.165, 1.54) is 22.1 Å². The summed E-state index contributed by atoms with van der Waals surface area (Å²) in [4.78, 5) is 4.71. The monoisotopic (exact) mass is 425 g/mol. The van der Waals surface area contributed by atoms with E-state index in [4.69, 9.17) is 13.9 Å². The number of aromatic nitrogens is 1. The van der Waals surface area contributed by atoms with Crippen molar-refractivity contribution in [2.24, 2.45) is 10.1 Å². The number of furan rings is 1. The van der Waals surface area contributed by atoms with Crippen molar-refractivity contribution in [1.82, 2.24) is 4.68 Å². The first-order valence-corrected chi connectivity index (χ1v) is 9.73. The zero-order chi connectivity index (χ0) is 20.5. The first kappa shape index (κ1) is 18.3. The van der Waals surface area contributed by atoms with E-state index in [9.17, 15) is 8.78 Å². The first-order valence-electron chi connectivity index (χ1n) is 8.85. The summed E-state index contributed by atoms with van der Waals surface area (Å²) >= 11 is 1.25. The van der Waals surface area contributed by atoms with Crippen LogP contribution in [0.5, 0.6) is 11.5 Å². The lowest BCUT2D eigenvalue weighted by atomic mass is 10.2. The van der Waals surface area contributed by atoms with E-state index in [-0.39, 0.29) is 12.5 Å². The highest BCUT2D eigenvalue weighted by Crippen LogP contribution is 2.32. The van der Waals surface area contributed by atoms with Crippen LogP contribution in [0.2, 0.25) is 0 Å². The maximum Gasteiger partial charge on any atom is 0.231 e. The van der Waals surface area contributed by atoms with Crippen LogP contribution >= 0.6 is 11.3 Å². The van der Waals surface area contributed by atoms with Gasteiger partial charge in [-0.3, -0.25) is 0 Å². The predicted octanol–water partition coefficient (Wildman–Crippen LogP) is 4.93. The molecule has 5 rings (SSSR count). The minimum Gasteiger partial charge on any atom is -0.463 e. The molecule has 0 fully saturated rings. The quantitative estimate of drug-likeness (QED) is 0.436. The molecule has 150 valence electrons. The summed E-state index contributed by atoms with van der Waals surface area (Å²) in [5.74, 6) is 0.472. The largest absolute Gasteiger partial charge is 0.463 e. The number of nitrogens with zero attached hydrogens (tertiary/aromatic N) is 3. The average Bonchev–Trinajstić information content (AvgIpc) is 3.49. The van der Waals surface area contributed by atoms with Crippen LogP contribution < -0.4 is 14.3 Å². The van der Waals surface area contributed by atoms with Crippen LogP contribution in [0.15, 0.2) is 74.7 Å². The number of rotatable bonds is 4. The highest BCUT2D eigenvalue weighted by atomic mass is 32.1. The van der Waals surface area contributed by atoms with Crippen molar-refractivity contribution >= 4 is 23.2 Å². The molecule has 9 heteroatoms. The van der Waals surface area contributed by atoms with Gasteiger partial charge in [-0.2, -0.15) is 5.10 Å². The van der Waals surface area contributed by atoms with Gasteiger partial charge in [0.1, 0.15) is 17.2 Å². The third-order valence-corrected chi connectivity index (χ3v) is 5.12. The molecule has 0 saturated heterocycles. The van der Waals surface area contributed by atoms with E-state index in [1.807, 2.05) is 12.1 Å². The second-order valence-electron chi connectivity index (χ2n) is 6.26. The molecule has 2 aromatic heterocycles. The average molecular weight is 425 g/mol. The van der Waals surface area contributed by atoms with E-state index >= 15 is 0 Å². The van der Waals surface area contributed by atoms with Crippen molar-refractivity contribution in [3.63, 3.8) is 0 Å². The Bertz CT molecular complexity index is 1310. The van der Waals surface area contributed by atoms with E-state index < -0.39 is 11.6 Å². The van der Waals surface area contributed by atoms with Crippen LogP contribution in [0.4, 0.5) is 14.5 Å². The van der Waals surface area contributed by atoms with E-state index in [1.54, 1.807) is 36.1 Å². The van der Waals surface area contributed by atoms with Crippen molar-refractivity contribution < 1.29 is 22.7 Å². The summed E-state index contributed by atoms with van der Waals surface area (Å²) in [5.41, 5.74) is 1.43. The summed E-state index contributed by atoms with van der Waals surface area (Å²) in [6, 6.07) is 12.2. The Balaban J connectivity index is 1.60. The molecule has 1 aliphatic heterocycles. The zero-order valence-corrected chi connectivity index (χ0v) is 16.1. The number of hydrogen-bond donors (Lipinski definition) is 0. The topological polar surface area (TPSA) is 61.2 Å². The van der Waals surface area contributed by atoms with Crippen LogP contribution in [0, 0.1) is 11.6 Å². The normalized spacial score (nSPS) is 13.5. The summed E-state index contributed by atoms with van der Waals surface area (Å²) < 4.78 is 45.1. The predicted molar refractivity (Wildman–Crippen MR) is 107 cm³/mol. The second kappa shape index (κ2) is 7.60. The number of hydrogen-bond acceptors (Lipinski definition) is 6. The Morgan fingerprint density at radius 1 is 1.03 bits per heavy atom. The SMILES string of the molecule is Fc1ccc(N=c2scc(-c3ccco3)n2N=Cc2ccc3c(c2)OCO3)c(F)c1. The molecule has 0 spiro atoms. The van der Waals surface area contributed by atoms with E-state index in [0.29, 0.717) is 27.8 Å². The molecule has 1 aliphatic rings. The van der Waals surface area contributed by atoms with Crippen LogP contribution in [0.25, 0.3) is 11.5 Å². The molecule has 6 nitrogen and oxygen atoms in total. The smallest absolute Gasteiger partial charge is 0.231 e. The molecule has 0 aliphatic carbocycles. The van der Waals surface area contributed by atoms with Crippen LogP contribution in [-0.2, 0) is 0 Å². The molecule has 2 aromatic carbocycles. The van der Waals surface area contributed by atoms with Gasteiger partial charge < -0.3 is 13.9 Å². The minimum atomic E-state index is -0.755. The van der Waals surface area contributed by atoms with Gasteiger partial charge in [-0.05, 0) is 48.0 Å². The fourth-order valence-corrected chi connectivity index (χ4v) is 3.71. The van der Waals surface area contributed by atoms with Gasteiger partial charge >= 0.3 is 0 Å². The van der Waals surface area contributed by atoms with Crippen molar-refractivity contribution in [3.8, 4) is 23.0 Å². The van der Waals surface area contributed by atoms with Crippen LogP contribution in [0.1, 0.15) is 5.56 Å². The summed E-state index contributed by atoms with van der Waals surface area (Å²) in [6.07, 6.45) is 3.18. The van der Waals surface area contributed by atoms with Crippen LogP contribution in [-0.4, -0.2) is 17.7 Å². The number of benzene rings is 2. The lowest BCUT2D eigenvalue weighted by Gasteiger charge is -2.02. The molecular weight excluding hydrogens is 412 g/mol. The summed E-state index contributed by atoms with van der Waals surface area (Å²) in [7, 11) is 0. The Kier molecular flexibility index (Phi) is 4.64. The molecule has 0 unspecified atom stereocenters. The van der Waals surface area contributed by atoms with Gasteiger partial charge in [0.25, 0.3) is 0 Å². The van der Waals surface area contributed by atoms with Gasteiger partial charge in [-0.15, -0.1) is 11.3 Å². The lowest BCUT2D eigenvalue weighted by molar-refractivity contribution is 0.174. The highest BCUT2D eigenvalue weighted by Gasteiger charge is 2.14. The lowest BCUT2D eigenvalue weighted by Crippen LogP contribution is -2.11. The Labute approximate surface area is 173 Å². The third-order valence-electron chi connectivity index (χ3n) is 4.30. The molecule has 0 radical (unpaired) electrons. The maximum atomic E-state index is 14.1. The standard InChI is InChI=1S/C21H13F2N3O3S/c22-14-4-5-16(15(23)9-14)25-21-26(17(11-30-21)18-2-1-7-27-18)24-10-13-3-6-19-20(8-13)29-12-28-19/h1-11H,12H2. The number of fused-ring (bicyclic) bond motifs is 1. The second-order valence-corrected chi connectivity index (χ2v) is 7.09. The molecule has 0 N–H and O–H groups in total. The summed E-state index contributed by atoms with van der Waals surface area (Å²) in [5, 5.41) is 6.32. The molecular formula is C21H13F2N3O3S. The molecule has 4 aromatic rings. The van der Waals surface area contributed by atoms with Gasteiger partial charge in [0.15, 0.2) is 23.1 Å². The number of thiazole rings is 1. The Hall–Kier alpha value is -3.72. The summed E-state index contributed by atoms with van der Waals surface area (Å²) in [6.45, 7) is 0.185. The van der Waals surface area contributed by atoms with Gasteiger partial charge in [-0.1, -0.05) is 0 Å².